The summed E-state index contributed by atoms with van der Waals surface area (Å²) in [5.41, 5.74) is 5.17. The molecule has 3 nitrogen and oxygen atoms in total. The molecule has 29 heavy (non-hydrogen) atoms. The monoisotopic (exact) mass is 397 g/mol. The summed E-state index contributed by atoms with van der Waals surface area (Å²) in [4.78, 5) is 17.5. The molecule has 140 valence electrons. The molecular formula is C25H16ClNO2. The zero-order chi connectivity index (χ0) is 20.0. The van der Waals surface area contributed by atoms with Gasteiger partial charge in [0.25, 0.3) is 0 Å². The predicted octanol–water partition coefficient (Wildman–Crippen LogP) is 6.64. The van der Waals surface area contributed by atoms with Crippen LogP contribution in [-0.2, 0) is 0 Å². The van der Waals surface area contributed by atoms with E-state index in [1.807, 2.05) is 54.6 Å². The average Bonchev–Trinajstić information content (AvgIpc) is 2.74. The van der Waals surface area contributed by atoms with Crippen LogP contribution in [-0.4, -0.2) is 4.98 Å². The quantitative estimate of drug-likeness (QED) is 0.248. The number of hydrogen-bond acceptors (Lipinski definition) is 3. The number of halogens is 1. The lowest BCUT2D eigenvalue weighted by Gasteiger charge is -2.12. The molecule has 0 unspecified atom stereocenters. The Bertz CT molecular complexity index is 1420. The zero-order valence-corrected chi connectivity index (χ0v) is 16.4. The Hall–Kier alpha value is -3.43. The number of rotatable bonds is 2. The van der Waals surface area contributed by atoms with E-state index in [1.165, 1.54) is 5.56 Å². The second-order valence-corrected chi connectivity index (χ2v) is 7.47. The van der Waals surface area contributed by atoms with Crippen molar-refractivity contribution in [2.24, 2.45) is 0 Å². The van der Waals surface area contributed by atoms with Crippen LogP contribution in [0, 0.1) is 6.92 Å². The van der Waals surface area contributed by atoms with Gasteiger partial charge in [0.2, 0.25) is 0 Å². The first-order valence-electron chi connectivity index (χ1n) is 9.30. The van der Waals surface area contributed by atoms with Gasteiger partial charge in [0, 0.05) is 21.4 Å². The van der Waals surface area contributed by atoms with Crippen molar-refractivity contribution >= 4 is 33.5 Å². The van der Waals surface area contributed by atoms with E-state index in [4.69, 9.17) is 16.0 Å². The van der Waals surface area contributed by atoms with Crippen LogP contribution < -0.4 is 5.63 Å². The number of aryl methyl sites for hydroxylation is 1. The van der Waals surface area contributed by atoms with E-state index in [-0.39, 0.29) is 0 Å². The molecule has 3 aromatic carbocycles. The number of benzene rings is 3. The fourth-order valence-corrected chi connectivity index (χ4v) is 3.73. The molecule has 0 aliphatic rings. The van der Waals surface area contributed by atoms with Crippen LogP contribution in [0.1, 0.15) is 5.56 Å². The van der Waals surface area contributed by atoms with Crippen molar-refractivity contribution in [2.75, 3.05) is 0 Å². The van der Waals surface area contributed by atoms with Crippen LogP contribution in [0.2, 0.25) is 5.02 Å². The number of nitrogens with zero attached hydrogens (tertiary/aromatic N) is 1. The lowest BCUT2D eigenvalue weighted by atomic mass is 9.96. The van der Waals surface area contributed by atoms with Gasteiger partial charge in [-0.2, -0.15) is 0 Å². The van der Waals surface area contributed by atoms with Gasteiger partial charge >= 0.3 is 5.63 Å². The number of hydrogen-bond donors (Lipinski definition) is 0. The summed E-state index contributed by atoms with van der Waals surface area (Å²) < 4.78 is 5.56. The van der Waals surface area contributed by atoms with Crippen molar-refractivity contribution in [3.63, 3.8) is 0 Å². The summed E-state index contributed by atoms with van der Waals surface area (Å²) in [6.45, 7) is 2.05. The normalized spacial score (nSPS) is 11.2. The van der Waals surface area contributed by atoms with Crippen molar-refractivity contribution in [1.29, 1.82) is 0 Å². The molecule has 2 heterocycles. The summed E-state index contributed by atoms with van der Waals surface area (Å²) in [7, 11) is 0. The van der Waals surface area contributed by atoms with Crippen LogP contribution in [0.3, 0.4) is 0 Å². The smallest absolute Gasteiger partial charge is 0.363 e. The predicted molar refractivity (Wildman–Crippen MR) is 118 cm³/mol. The number of para-hydroxylation sites is 1. The van der Waals surface area contributed by atoms with Gasteiger partial charge in [-0.3, -0.25) is 0 Å². The fraction of sp³-hybridized carbons (Fsp3) is 0.0400. The van der Waals surface area contributed by atoms with E-state index in [2.05, 4.69) is 36.2 Å². The lowest BCUT2D eigenvalue weighted by Crippen LogP contribution is -2.04. The Labute approximate surface area is 172 Å². The highest BCUT2D eigenvalue weighted by molar-refractivity contribution is 6.30. The Morgan fingerprint density at radius 2 is 1.55 bits per heavy atom. The maximum Gasteiger partial charge on any atom is 0.363 e. The van der Waals surface area contributed by atoms with Crippen molar-refractivity contribution in [2.45, 2.75) is 6.92 Å². The maximum atomic E-state index is 12.8. The molecule has 0 saturated heterocycles. The maximum absolute atomic E-state index is 12.8. The van der Waals surface area contributed by atoms with Gasteiger partial charge in [0.05, 0.1) is 5.69 Å². The van der Waals surface area contributed by atoms with Crippen molar-refractivity contribution < 1.29 is 4.42 Å². The summed E-state index contributed by atoms with van der Waals surface area (Å²) >= 11 is 6.04. The summed E-state index contributed by atoms with van der Waals surface area (Å²) in [5, 5.41) is 2.32. The van der Waals surface area contributed by atoms with Gasteiger partial charge in [-0.25, -0.2) is 9.78 Å². The molecule has 0 bridgehead atoms. The molecule has 0 amide bonds. The highest BCUT2D eigenvalue weighted by Gasteiger charge is 2.16. The van der Waals surface area contributed by atoms with Gasteiger partial charge in [-0.05, 0) is 42.3 Å². The Morgan fingerprint density at radius 3 is 2.31 bits per heavy atom. The standard InChI is InChI=1S/C25H16ClNO2/c1-15-6-8-16(9-7-15)20-14-21(17-10-12-18(26)13-11-17)27-24-23(20)19-4-2-3-5-22(19)29-25(24)28/h2-14H,1H3. The molecular weight excluding hydrogens is 382 g/mol. The van der Waals surface area contributed by atoms with Crippen LogP contribution in [0.4, 0.5) is 0 Å². The van der Waals surface area contributed by atoms with Crippen molar-refractivity contribution in [3.8, 4) is 22.4 Å². The fourth-order valence-electron chi connectivity index (χ4n) is 3.61. The molecule has 4 heteroatoms. The minimum absolute atomic E-state index is 0.326. The molecule has 0 fully saturated rings. The largest absolute Gasteiger partial charge is 0.421 e. The topological polar surface area (TPSA) is 43.1 Å². The third-order valence-corrected chi connectivity index (χ3v) is 5.33. The van der Waals surface area contributed by atoms with Gasteiger partial charge in [0.15, 0.2) is 5.52 Å². The van der Waals surface area contributed by atoms with Crippen LogP contribution in [0.25, 0.3) is 44.3 Å². The molecule has 0 radical (unpaired) electrons. The summed E-state index contributed by atoms with van der Waals surface area (Å²) in [5.74, 6) is 0. The van der Waals surface area contributed by atoms with E-state index in [9.17, 15) is 4.79 Å². The first-order chi connectivity index (χ1) is 14.1. The van der Waals surface area contributed by atoms with Gasteiger partial charge in [-0.1, -0.05) is 71.8 Å². The molecule has 2 aromatic heterocycles. The highest BCUT2D eigenvalue weighted by Crippen LogP contribution is 2.35. The van der Waals surface area contributed by atoms with Gasteiger partial charge in [-0.15, -0.1) is 0 Å². The zero-order valence-electron chi connectivity index (χ0n) is 15.6. The minimum Gasteiger partial charge on any atom is -0.421 e. The molecule has 0 N–H and O–H groups in total. The molecule has 0 aliphatic heterocycles. The second-order valence-electron chi connectivity index (χ2n) is 7.04. The Kier molecular flexibility index (Phi) is 4.18. The van der Waals surface area contributed by atoms with E-state index in [0.717, 1.165) is 27.5 Å². The van der Waals surface area contributed by atoms with Crippen LogP contribution >= 0.6 is 11.6 Å². The van der Waals surface area contributed by atoms with E-state index in [1.54, 1.807) is 0 Å². The van der Waals surface area contributed by atoms with Gasteiger partial charge in [0.1, 0.15) is 5.58 Å². The average molecular weight is 398 g/mol. The first kappa shape index (κ1) is 17.7. The summed E-state index contributed by atoms with van der Waals surface area (Å²) in [6, 6.07) is 25.3. The Balaban J connectivity index is 1.93. The molecule has 0 aliphatic carbocycles. The number of pyridine rings is 1. The number of fused-ring (bicyclic) bond motifs is 3. The lowest BCUT2D eigenvalue weighted by molar-refractivity contribution is 0.568. The number of aromatic nitrogens is 1. The second kappa shape index (κ2) is 6.87. The van der Waals surface area contributed by atoms with Crippen molar-refractivity contribution in [1.82, 2.24) is 4.98 Å². The third-order valence-electron chi connectivity index (χ3n) is 5.07. The third kappa shape index (κ3) is 3.10. The Morgan fingerprint density at radius 1 is 0.862 bits per heavy atom. The summed E-state index contributed by atoms with van der Waals surface area (Å²) in [6.07, 6.45) is 0. The van der Waals surface area contributed by atoms with E-state index >= 15 is 0 Å². The molecule has 5 aromatic rings. The highest BCUT2D eigenvalue weighted by atomic mass is 35.5. The minimum atomic E-state index is -0.442. The van der Waals surface area contributed by atoms with E-state index < -0.39 is 5.63 Å². The molecule has 0 saturated carbocycles. The van der Waals surface area contributed by atoms with E-state index in [0.29, 0.717) is 21.8 Å². The van der Waals surface area contributed by atoms with Gasteiger partial charge < -0.3 is 4.42 Å². The van der Waals surface area contributed by atoms with Crippen LogP contribution in [0.5, 0.6) is 0 Å². The molecule has 0 spiro atoms. The molecule has 5 rings (SSSR count). The SMILES string of the molecule is Cc1ccc(-c2cc(-c3ccc(Cl)cc3)nc3c(=O)oc4ccccc4c23)cc1. The van der Waals surface area contributed by atoms with Crippen molar-refractivity contribution in [3.05, 3.63) is 99.9 Å². The molecule has 0 atom stereocenters. The first-order valence-corrected chi connectivity index (χ1v) is 9.67. The van der Waals surface area contributed by atoms with Crippen LogP contribution in [0.15, 0.2) is 88.1 Å².